The van der Waals surface area contributed by atoms with E-state index in [2.05, 4.69) is 11.0 Å². The number of aliphatic hydroxyl groups excluding tert-OH is 1. The number of nitrogens with zero attached hydrogens (tertiary/aromatic N) is 3. The number of ether oxygens (including phenoxy) is 1. The standard InChI is InChI=1S/C28H33F2N3O3/c1-28(2,30)18-32-10-7-19(8-11-32)17-36-23-4-6-24(21(13-23)15-31)20-3-5-25(26(29)14-20)27(35)33-12-9-22(34)16-33/h3-6,13-14,19,22,34H,7-12,16-18H2,1-2H3/t22-/m1/s1. The van der Waals surface area contributed by atoms with Crippen LogP contribution < -0.4 is 4.74 Å². The van der Waals surface area contributed by atoms with Crippen molar-refractivity contribution in [1.29, 1.82) is 5.26 Å². The number of hydrogen-bond donors (Lipinski definition) is 1. The van der Waals surface area contributed by atoms with Gasteiger partial charge in [-0.05, 0) is 93.6 Å². The highest BCUT2D eigenvalue weighted by Crippen LogP contribution is 2.30. The molecule has 0 unspecified atom stereocenters. The Bertz CT molecular complexity index is 1130. The molecule has 4 rings (SSSR count). The second-order valence-electron chi connectivity index (χ2n) is 10.5. The van der Waals surface area contributed by atoms with Gasteiger partial charge in [0.15, 0.2) is 0 Å². The van der Waals surface area contributed by atoms with Crippen LogP contribution in [0, 0.1) is 23.1 Å². The van der Waals surface area contributed by atoms with E-state index in [1.54, 1.807) is 38.1 Å². The zero-order valence-corrected chi connectivity index (χ0v) is 20.8. The molecule has 2 aromatic carbocycles. The van der Waals surface area contributed by atoms with Gasteiger partial charge in [-0.1, -0.05) is 6.07 Å². The van der Waals surface area contributed by atoms with Gasteiger partial charge in [0.2, 0.25) is 0 Å². The highest BCUT2D eigenvalue weighted by atomic mass is 19.1. The Balaban J connectivity index is 1.39. The third-order valence-electron chi connectivity index (χ3n) is 6.87. The minimum Gasteiger partial charge on any atom is -0.493 e. The average Bonchev–Trinajstić information content (AvgIpc) is 3.28. The van der Waals surface area contributed by atoms with Crippen molar-refractivity contribution < 1.29 is 23.4 Å². The first kappa shape index (κ1) is 26.1. The molecule has 0 aliphatic carbocycles. The number of likely N-dealkylation sites (tertiary alicyclic amines) is 2. The number of aliphatic hydroxyl groups is 1. The smallest absolute Gasteiger partial charge is 0.256 e. The Hall–Kier alpha value is -3.02. The Morgan fingerprint density at radius 3 is 2.53 bits per heavy atom. The molecular weight excluding hydrogens is 464 g/mol. The van der Waals surface area contributed by atoms with Gasteiger partial charge in [0.05, 0.1) is 29.9 Å². The fraction of sp³-hybridized carbons (Fsp3) is 0.500. The number of carbonyl (C=O) groups excluding carboxylic acids is 1. The molecule has 1 atom stereocenters. The van der Waals surface area contributed by atoms with Gasteiger partial charge in [-0.15, -0.1) is 0 Å². The molecule has 2 aromatic rings. The van der Waals surface area contributed by atoms with Gasteiger partial charge in [0, 0.05) is 19.6 Å². The van der Waals surface area contributed by atoms with Gasteiger partial charge in [0.1, 0.15) is 17.2 Å². The molecule has 8 heteroatoms. The van der Waals surface area contributed by atoms with Crippen LogP contribution in [0.25, 0.3) is 11.1 Å². The summed E-state index contributed by atoms with van der Waals surface area (Å²) in [5, 5.41) is 19.4. The Morgan fingerprint density at radius 1 is 1.17 bits per heavy atom. The quantitative estimate of drug-likeness (QED) is 0.613. The zero-order valence-electron chi connectivity index (χ0n) is 20.8. The van der Waals surface area contributed by atoms with E-state index in [1.165, 1.54) is 17.0 Å². The van der Waals surface area contributed by atoms with Crippen LogP contribution in [0.1, 0.15) is 49.0 Å². The minimum atomic E-state index is -1.20. The molecule has 2 heterocycles. The fourth-order valence-electron chi connectivity index (χ4n) is 4.97. The van der Waals surface area contributed by atoms with Gasteiger partial charge < -0.3 is 19.6 Å². The van der Waals surface area contributed by atoms with Crippen molar-refractivity contribution in [3.8, 4) is 22.9 Å². The molecule has 1 N–H and O–H groups in total. The SMILES string of the molecule is CC(C)(F)CN1CCC(COc2ccc(-c3ccc(C(=O)N4CC[C@@H](O)C4)c(F)c3)c(C#N)c2)CC1. The summed E-state index contributed by atoms with van der Waals surface area (Å²) >= 11 is 0. The molecular formula is C28H33F2N3O3. The number of nitriles is 1. The summed E-state index contributed by atoms with van der Waals surface area (Å²) in [5.74, 6) is -0.169. The van der Waals surface area contributed by atoms with Crippen molar-refractivity contribution >= 4 is 5.91 Å². The Morgan fingerprint density at radius 2 is 1.92 bits per heavy atom. The number of amides is 1. The predicted octanol–water partition coefficient (Wildman–Crippen LogP) is 4.41. The minimum absolute atomic E-state index is 0.0487. The van der Waals surface area contributed by atoms with Crippen LogP contribution in [0.15, 0.2) is 36.4 Å². The molecule has 36 heavy (non-hydrogen) atoms. The first-order valence-electron chi connectivity index (χ1n) is 12.5. The molecule has 2 aliphatic heterocycles. The van der Waals surface area contributed by atoms with E-state index in [-0.39, 0.29) is 12.1 Å². The van der Waals surface area contributed by atoms with E-state index >= 15 is 0 Å². The highest BCUT2D eigenvalue weighted by molar-refractivity contribution is 5.95. The zero-order chi connectivity index (χ0) is 25.9. The number of β-amino-alcohol motifs (C(OH)–C–C–N with tert-alkyl or cyclic N) is 1. The molecule has 0 bridgehead atoms. The number of halogens is 2. The lowest BCUT2D eigenvalue weighted by Gasteiger charge is -2.34. The Labute approximate surface area is 211 Å². The Kier molecular flexibility index (Phi) is 7.91. The molecule has 0 radical (unpaired) electrons. The predicted molar refractivity (Wildman–Crippen MR) is 133 cm³/mol. The van der Waals surface area contributed by atoms with E-state index in [4.69, 9.17) is 4.74 Å². The number of carbonyl (C=O) groups is 1. The second-order valence-corrected chi connectivity index (χ2v) is 10.5. The molecule has 0 saturated carbocycles. The van der Waals surface area contributed by atoms with E-state index in [9.17, 15) is 23.9 Å². The summed E-state index contributed by atoms with van der Waals surface area (Å²) in [6.07, 6.45) is 1.78. The lowest BCUT2D eigenvalue weighted by molar-refractivity contribution is 0.0760. The van der Waals surface area contributed by atoms with E-state index in [1.807, 2.05) is 0 Å². The molecule has 192 valence electrons. The van der Waals surface area contributed by atoms with Gasteiger partial charge in [-0.3, -0.25) is 4.79 Å². The van der Waals surface area contributed by atoms with Crippen molar-refractivity contribution in [2.45, 2.75) is 44.9 Å². The van der Waals surface area contributed by atoms with Crippen LogP contribution in [-0.2, 0) is 0 Å². The summed E-state index contributed by atoms with van der Waals surface area (Å²) in [7, 11) is 0. The van der Waals surface area contributed by atoms with Crippen molar-refractivity contribution in [3.63, 3.8) is 0 Å². The summed E-state index contributed by atoms with van der Waals surface area (Å²) < 4.78 is 34.7. The number of hydrogen-bond acceptors (Lipinski definition) is 5. The third kappa shape index (κ3) is 6.40. The fourth-order valence-corrected chi connectivity index (χ4v) is 4.97. The third-order valence-corrected chi connectivity index (χ3v) is 6.87. The average molecular weight is 498 g/mol. The van der Waals surface area contributed by atoms with E-state index in [0.29, 0.717) is 54.5 Å². The normalized spacial score (nSPS) is 19.3. The highest BCUT2D eigenvalue weighted by Gasteiger charge is 2.28. The maximum absolute atomic E-state index is 14.9. The maximum Gasteiger partial charge on any atom is 0.256 e. The molecule has 0 aromatic heterocycles. The van der Waals surface area contributed by atoms with Gasteiger partial charge >= 0.3 is 0 Å². The lowest BCUT2D eigenvalue weighted by Crippen LogP contribution is -2.41. The number of benzene rings is 2. The largest absolute Gasteiger partial charge is 0.493 e. The topological polar surface area (TPSA) is 76.8 Å². The second kappa shape index (κ2) is 10.9. The monoisotopic (exact) mass is 497 g/mol. The van der Waals surface area contributed by atoms with Crippen LogP contribution in [-0.4, -0.2) is 71.9 Å². The van der Waals surface area contributed by atoms with Crippen LogP contribution in [0.5, 0.6) is 5.75 Å². The van der Waals surface area contributed by atoms with Crippen molar-refractivity contribution in [2.75, 3.05) is 39.3 Å². The van der Waals surface area contributed by atoms with Crippen LogP contribution >= 0.6 is 0 Å². The van der Waals surface area contributed by atoms with Crippen LogP contribution in [0.2, 0.25) is 0 Å². The molecule has 2 saturated heterocycles. The van der Waals surface area contributed by atoms with Crippen molar-refractivity contribution in [2.24, 2.45) is 5.92 Å². The summed E-state index contributed by atoms with van der Waals surface area (Å²) in [4.78, 5) is 16.2. The lowest BCUT2D eigenvalue weighted by atomic mass is 9.96. The van der Waals surface area contributed by atoms with Gasteiger partial charge in [0.25, 0.3) is 5.91 Å². The van der Waals surface area contributed by atoms with Crippen molar-refractivity contribution in [3.05, 3.63) is 53.3 Å². The van der Waals surface area contributed by atoms with E-state index < -0.39 is 23.5 Å². The molecule has 2 aliphatic rings. The van der Waals surface area contributed by atoms with Crippen molar-refractivity contribution in [1.82, 2.24) is 9.80 Å². The number of rotatable bonds is 7. The maximum atomic E-state index is 14.9. The molecule has 2 fully saturated rings. The summed E-state index contributed by atoms with van der Waals surface area (Å²) in [5.41, 5.74) is 0.161. The van der Waals surface area contributed by atoms with Crippen LogP contribution in [0.3, 0.4) is 0 Å². The van der Waals surface area contributed by atoms with Gasteiger partial charge in [-0.2, -0.15) is 5.26 Å². The summed E-state index contributed by atoms with van der Waals surface area (Å²) in [6, 6.07) is 11.6. The molecule has 0 spiro atoms. The van der Waals surface area contributed by atoms with Gasteiger partial charge in [-0.25, -0.2) is 8.78 Å². The first-order chi connectivity index (χ1) is 17.1. The number of piperidine rings is 1. The van der Waals surface area contributed by atoms with Crippen LogP contribution in [0.4, 0.5) is 8.78 Å². The first-order valence-corrected chi connectivity index (χ1v) is 12.5. The van der Waals surface area contributed by atoms with E-state index in [0.717, 1.165) is 25.9 Å². The molecule has 1 amide bonds. The number of alkyl halides is 1. The molecule has 6 nitrogen and oxygen atoms in total. The summed E-state index contributed by atoms with van der Waals surface area (Å²) in [6.45, 7) is 6.44.